The summed E-state index contributed by atoms with van der Waals surface area (Å²) in [6, 6.07) is 13.5. The first kappa shape index (κ1) is 15.6. The van der Waals surface area contributed by atoms with E-state index in [0.717, 1.165) is 0 Å². The van der Waals surface area contributed by atoms with Crippen molar-refractivity contribution in [2.45, 2.75) is 25.3 Å². The number of hydrogen-bond donors (Lipinski definition) is 2. The zero-order valence-corrected chi connectivity index (χ0v) is 14.6. The van der Waals surface area contributed by atoms with Crippen LogP contribution in [0.15, 0.2) is 73.0 Å². The van der Waals surface area contributed by atoms with Crippen LogP contribution in [0.1, 0.15) is 22.3 Å². The lowest BCUT2D eigenvalue weighted by Gasteiger charge is -2.35. The first-order chi connectivity index (χ1) is 12.2. The van der Waals surface area contributed by atoms with Gasteiger partial charge in [-0.25, -0.2) is 0 Å². The van der Waals surface area contributed by atoms with E-state index in [1.54, 1.807) is 0 Å². The minimum absolute atomic E-state index is 0.0488. The molecule has 4 rings (SSSR count). The zero-order valence-electron chi connectivity index (χ0n) is 14.6. The van der Waals surface area contributed by atoms with Gasteiger partial charge in [-0.2, -0.15) is 0 Å². The molecule has 1 atom stereocenters. The molecular weight excluding hydrogens is 304 g/mol. The van der Waals surface area contributed by atoms with Crippen molar-refractivity contribution in [3.8, 4) is 11.1 Å². The van der Waals surface area contributed by atoms with E-state index in [0.29, 0.717) is 0 Å². The summed E-state index contributed by atoms with van der Waals surface area (Å²) in [5.74, 6) is 0. The quantitative estimate of drug-likeness (QED) is 0.763. The molecule has 25 heavy (non-hydrogen) atoms. The molecule has 1 aliphatic carbocycles. The number of benzene rings is 2. The molecule has 1 heterocycles. The second-order valence-corrected chi connectivity index (χ2v) is 6.88. The van der Waals surface area contributed by atoms with Crippen molar-refractivity contribution in [1.29, 1.82) is 5.41 Å². The normalized spacial score (nSPS) is 19.5. The lowest BCUT2D eigenvalue weighted by molar-refractivity contribution is 0.524. The minimum atomic E-state index is -0.272. The number of hydrogen-bond acceptors (Lipinski definition) is 2. The first-order valence-corrected chi connectivity index (χ1v) is 8.67. The van der Waals surface area contributed by atoms with Gasteiger partial charge in [0.25, 0.3) is 0 Å². The highest BCUT2D eigenvalue weighted by atomic mass is 14.9. The molecule has 0 aromatic heterocycles. The molecule has 1 unspecified atom stereocenters. The standard InChI is InChI=1S/C23H22N2/c1-16-7-9-18-19-10-8-17(2)15-21(19)23(20(18)14-16)11-3-4-13-25-22(23)6-5-12-24/h3-15,22,24-25H,1-2H3/b6-5-,24-12?. The number of fused-ring (bicyclic) bond motifs is 5. The van der Waals surface area contributed by atoms with Gasteiger partial charge in [0.1, 0.15) is 0 Å². The maximum absolute atomic E-state index is 7.42. The van der Waals surface area contributed by atoms with Crippen molar-refractivity contribution in [3.63, 3.8) is 0 Å². The summed E-state index contributed by atoms with van der Waals surface area (Å²) in [7, 11) is 0. The van der Waals surface area contributed by atoms with E-state index in [2.05, 4.69) is 73.8 Å². The smallest absolute Gasteiger partial charge is 0.0634 e. The number of nitrogens with one attached hydrogen (secondary N) is 2. The molecule has 2 N–H and O–H groups in total. The van der Waals surface area contributed by atoms with Crippen LogP contribution in [0.25, 0.3) is 11.1 Å². The van der Waals surface area contributed by atoms with Gasteiger partial charge in [0.15, 0.2) is 0 Å². The van der Waals surface area contributed by atoms with Crippen LogP contribution in [0.2, 0.25) is 0 Å². The molecule has 2 nitrogen and oxygen atoms in total. The zero-order chi connectivity index (χ0) is 17.4. The molecule has 2 heteroatoms. The summed E-state index contributed by atoms with van der Waals surface area (Å²) in [4.78, 5) is 0. The second kappa shape index (κ2) is 5.89. The van der Waals surface area contributed by atoms with Gasteiger partial charge in [-0.3, -0.25) is 0 Å². The summed E-state index contributed by atoms with van der Waals surface area (Å²) in [5.41, 5.74) is 7.54. The van der Waals surface area contributed by atoms with Gasteiger partial charge >= 0.3 is 0 Å². The molecule has 0 saturated heterocycles. The highest BCUT2D eigenvalue weighted by Crippen LogP contribution is 2.52. The molecule has 0 saturated carbocycles. The molecule has 124 valence electrons. The van der Waals surface area contributed by atoms with E-state index in [9.17, 15) is 0 Å². The Balaban J connectivity index is 2.07. The fourth-order valence-corrected chi connectivity index (χ4v) is 4.16. The van der Waals surface area contributed by atoms with Gasteiger partial charge in [-0.05, 0) is 54.5 Å². The van der Waals surface area contributed by atoms with Crippen LogP contribution in [0.3, 0.4) is 0 Å². The number of aryl methyl sites for hydroxylation is 2. The van der Waals surface area contributed by atoms with E-state index < -0.39 is 0 Å². The lowest BCUT2D eigenvalue weighted by Crippen LogP contribution is -2.43. The van der Waals surface area contributed by atoms with Crippen LogP contribution < -0.4 is 5.32 Å². The molecule has 2 aromatic carbocycles. The maximum atomic E-state index is 7.42. The van der Waals surface area contributed by atoms with Gasteiger partial charge in [0.05, 0.1) is 11.5 Å². The minimum Gasteiger partial charge on any atom is -0.383 e. The average Bonchev–Trinajstić information content (AvgIpc) is 2.74. The highest BCUT2D eigenvalue weighted by Gasteiger charge is 2.46. The summed E-state index contributed by atoms with van der Waals surface area (Å²) in [6.45, 7) is 4.30. The lowest BCUT2D eigenvalue weighted by atomic mass is 9.71. The van der Waals surface area contributed by atoms with E-state index >= 15 is 0 Å². The SMILES string of the molecule is Cc1ccc2c(c1)C1(C=CC=CNC1/C=C\C=N)c1cc(C)ccc1-2. The fourth-order valence-electron chi connectivity index (χ4n) is 4.16. The topological polar surface area (TPSA) is 35.9 Å². The van der Waals surface area contributed by atoms with Crippen LogP contribution >= 0.6 is 0 Å². The Bertz CT molecular complexity index is 880. The van der Waals surface area contributed by atoms with Crippen molar-refractivity contribution >= 4 is 6.21 Å². The van der Waals surface area contributed by atoms with Crippen LogP contribution in [0.5, 0.6) is 0 Å². The molecule has 0 bridgehead atoms. The molecule has 1 spiro atoms. The first-order valence-electron chi connectivity index (χ1n) is 8.67. The monoisotopic (exact) mass is 326 g/mol. The van der Waals surface area contributed by atoms with Crippen molar-refractivity contribution in [1.82, 2.24) is 5.32 Å². The maximum Gasteiger partial charge on any atom is 0.0634 e. The van der Waals surface area contributed by atoms with Crippen molar-refractivity contribution in [3.05, 3.63) is 95.2 Å². The average molecular weight is 326 g/mol. The number of rotatable bonds is 2. The van der Waals surface area contributed by atoms with Crippen molar-refractivity contribution in [2.75, 3.05) is 0 Å². The van der Waals surface area contributed by atoms with Gasteiger partial charge in [-0.1, -0.05) is 65.8 Å². The van der Waals surface area contributed by atoms with Crippen molar-refractivity contribution < 1.29 is 0 Å². The Labute approximate surface area is 149 Å². The molecule has 2 aliphatic rings. The Hall–Kier alpha value is -2.87. The van der Waals surface area contributed by atoms with Crippen LogP contribution in [-0.2, 0) is 5.41 Å². The van der Waals surface area contributed by atoms with E-state index in [4.69, 9.17) is 5.41 Å². The largest absolute Gasteiger partial charge is 0.383 e. The van der Waals surface area contributed by atoms with Gasteiger partial charge in [0, 0.05) is 6.21 Å². The Kier molecular flexibility index (Phi) is 3.69. The molecular formula is C23H22N2. The fraction of sp³-hybridized carbons (Fsp3) is 0.174. The van der Waals surface area contributed by atoms with E-state index in [-0.39, 0.29) is 11.5 Å². The second-order valence-electron chi connectivity index (χ2n) is 6.88. The van der Waals surface area contributed by atoms with Crippen LogP contribution in [-0.4, -0.2) is 12.3 Å². The van der Waals surface area contributed by atoms with Gasteiger partial charge < -0.3 is 10.7 Å². The van der Waals surface area contributed by atoms with E-state index in [1.807, 2.05) is 18.4 Å². The van der Waals surface area contributed by atoms with Crippen LogP contribution in [0, 0.1) is 19.3 Å². The third-order valence-electron chi connectivity index (χ3n) is 5.26. The summed E-state index contributed by atoms with van der Waals surface area (Å²) < 4.78 is 0. The predicted molar refractivity (Wildman–Crippen MR) is 105 cm³/mol. The predicted octanol–water partition coefficient (Wildman–Crippen LogP) is 4.82. The summed E-state index contributed by atoms with van der Waals surface area (Å²) in [5, 5.41) is 11.0. The summed E-state index contributed by atoms with van der Waals surface area (Å²) >= 11 is 0. The van der Waals surface area contributed by atoms with Gasteiger partial charge in [0.2, 0.25) is 0 Å². The molecule has 0 radical (unpaired) electrons. The molecule has 0 amide bonds. The summed E-state index contributed by atoms with van der Waals surface area (Å²) in [6.07, 6.45) is 13.7. The van der Waals surface area contributed by atoms with Gasteiger partial charge in [-0.15, -0.1) is 0 Å². The highest BCUT2D eigenvalue weighted by molar-refractivity contribution is 5.84. The third-order valence-corrected chi connectivity index (χ3v) is 5.26. The Morgan fingerprint density at radius 3 is 2.20 bits per heavy atom. The Morgan fingerprint density at radius 1 is 0.960 bits per heavy atom. The molecule has 2 aromatic rings. The molecule has 0 fully saturated rings. The number of allylic oxidation sites excluding steroid dienone is 3. The van der Waals surface area contributed by atoms with Crippen molar-refractivity contribution in [2.24, 2.45) is 0 Å². The third kappa shape index (κ3) is 2.29. The Morgan fingerprint density at radius 2 is 1.60 bits per heavy atom. The molecule has 1 aliphatic heterocycles. The van der Waals surface area contributed by atoms with Crippen LogP contribution in [0.4, 0.5) is 0 Å². The van der Waals surface area contributed by atoms with E-state index in [1.165, 1.54) is 39.6 Å².